The molecule has 6 nitrogen and oxygen atoms in total. The lowest BCUT2D eigenvalue weighted by atomic mass is 9.49. The second kappa shape index (κ2) is 6.40. The van der Waals surface area contributed by atoms with Crippen molar-refractivity contribution in [2.24, 2.45) is 11.8 Å². The molecule has 0 spiro atoms. The molecule has 4 aliphatic carbocycles. The Kier molecular flexibility index (Phi) is 3.96. The Labute approximate surface area is 164 Å². The van der Waals surface area contributed by atoms with E-state index < -0.39 is 0 Å². The zero-order valence-corrected chi connectivity index (χ0v) is 15.7. The van der Waals surface area contributed by atoms with E-state index in [2.05, 4.69) is 20.6 Å². The summed E-state index contributed by atoms with van der Waals surface area (Å²) in [4.78, 5) is 33.8. The van der Waals surface area contributed by atoms with Gasteiger partial charge in [0.15, 0.2) is 0 Å². The van der Waals surface area contributed by atoms with Crippen LogP contribution in [0.15, 0.2) is 49.1 Å². The largest absolute Gasteiger partial charge is 0.346 e. The van der Waals surface area contributed by atoms with Crippen molar-refractivity contribution in [3.05, 3.63) is 60.2 Å². The number of aromatic nitrogens is 2. The van der Waals surface area contributed by atoms with E-state index in [0.29, 0.717) is 23.0 Å². The first-order chi connectivity index (χ1) is 13.5. The van der Waals surface area contributed by atoms with Crippen LogP contribution in [-0.4, -0.2) is 32.9 Å². The molecule has 6 heteroatoms. The molecule has 0 aromatic carbocycles. The van der Waals surface area contributed by atoms with Gasteiger partial charge in [-0.3, -0.25) is 19.6 Å². The number of pyridine rings is 2. The van der Waals surface area contributed by atoms with Gasteiger partial charge in [-0.1, -0.05) is 0 Å². The van der Waals surface area contributed by atoms with Crippen molar-refractivity contribution in [1.29, 1.82) is 0 Å². The van der Waals surface area contributed by atoms with Crippen molar-refractivity contribution in [3.8, 4) is 0 Å². The van der Waals surface area contributed by atoms with Crippen LogP contribution in [0, 0.1) is 11.8 Å². The summed E-state index contributed by atoms with van der Waals surface area (Å²) >= 11 is 0. The predicted molar refractivity (Wildman–Crippen MR) is 104 cm³/mol. The van der Waals surface area contributed by atoms with Crippen molar-refractivity contribution in [1.82, 2.24) is 20.6 Å². The lowest BCUT2D eigenvalue weighted by Gasteiger charge is -2.62. The molecule has 4 aliphatic rings. The first-order valence-corrected chi connectivity index (χ1v) is 10.00. The number of nitrogens with one attached hydrogen (secondary N) is 2. The third-order valence-electron chi connectivity index (χ3n) is 6.67. The van der Waals surface area contributed by atoms with E-state index in [9.17, 15) is 9.59 Å². The van der Waals surface area contributed by atoms with Crippen LogP contribution in [0.4, 0.5) is 0 Å². The highest BCUT2D eigenvalue weighted by Crippen LogP contribution is 2.57. The molecule has 2 heterocycles. The normalized spacial score (nSPS) is 32.7. The van der Waals surface area contributed by atoms with E-state index in [1.807, 2.05) is 0 Å². The van der Waals surface area contributed by atoms with E-state index in [-0.39, 0.29) is 22.9 Å². The van der Waals surface area contributed by atoms with Gasteiger partial charge in [0, 0.05) is 35.9 Å². The Morgan fingerprint density at radius 1 is 0.821 bits per heavy atom. The maximum absolute atomic E-state index is 12.8. The van der Waals surface area contributed by atoms with Gasteiger partial charge < -0.3 is 10.6 Å². The van der Waals surface area contributed by atoms with Crippen LogP contribution in [0.5, 0.6) is 0 Å². The first kappa shape index (κ1) is 17.3. The molecule has 4 bridgehead atoms. The molecular formula is C22H24N4O2. The zero-order chi connectivity index (χ0) is 19.2. The Bertz CT molecular complexity index is 814. The summed E-state index contributed by atoms with van der Waals surface area (Å²) in [5, 5.41) is 6.67. The number of carbonyl (C=O) groups excluding carboxylic acids is 2. The molecule has 4 fully saturated rings. The van der Waals surface area contributed by atoms with Gasteiger partial charge in [0.1, 0.15) is 0 Å². The minimum absolute atomic E-state index is 0.0659. The highest BCUT2D eigenvalue weighted by Gasteiger charge is 2.58. The summed E-state index contributed by atoms with van der Waals surface area (Å²) in [6.07, 6.45) is 12.6. The smallest absolute Gasteiger partial charge is 0.253 e. The summed E-state index contributed by atoms with van der Waals surface area (Å²) in [6, 6.07) is 7.15. The van der Waals surface area contributed by atoms with Gasteiger partial charge in [0.05, 0.1) is 11.1 Å². The van der Waals surface area contributed by atoms with Crippen molar-refractivity contribution in [2.75, 3.05) is 0 Å². The average Bonchev–Trinajstić information content (AvgIpc) is 2.67. The van der Waals surface area contributed by atoms with Crippen LogP contribution >= 0.6 is 0 Å². The fourth-order valence-electron chi connectivity index (χ4n) is 6.18. The highest BCUT2D eigenvalue weighted by atomic mass is 16.2. The van der Waals surface area contributed by atoms with Gasteiger partial charge in [-0.05, 0) is 74.6 Å². The van der Waals surface area contributed by atoms with Crippen LogP contribution in [-0.2, 0) is 0 Å². The molecule has 6 rings (SSSR count). The number of nitrogens with zero attached hydrogens (tertiary/aromatic N) is 2. The number of amides is 2. The highest BCUT2D eigenvalue weighted by molar-refractivity contribution is 5.95. The van der Waals surface area contributed by atoms with Crippen LogP contribution in [0.1, 0.15) is 59.2 Å². The second-order valence-electron chi connectivity index (χ2n) is 8.91. The van der Waals surface area contributed by atoms with Gasteiger partial charge >= 0.3 is 0 Å². The number of rotatable bonds is 4. The second-order valence-corrected chi connectivity index (χ2v) is 8.91. The molecule has 2 amide bonds. The SMILES string of the molecule is O=C(NC12CC3CC(C1)CC(NC(=O)c1cccnc1)(C3)C2)c1cccnc1. The topological polar surface area (TPSA) is 84.0 Å². The summed E-state index contributed by atoms with van der Waals surface area (Å²) in [5.74, 6) is 0.960. The summed E-state index contributed by atoms with van der Waals surface area (Å²) < 4.78 is 0. The summed E-state index contributed by atoms with van der Waals surface area (Å²) in [7, 11) is 0. The molecule has 0 saturated heterocycles. The molecule has 0 unspecified atom stereocenters. The maximum atomic E-state index is 12.8. The van der Waals surface area contributed by atoms with Crippen molar-refractivity contribution < 1.29 is 9.59 Å². The third-order valence-corrected chi connectivity index (χ3v) is 6.67. The fraction of sp³-hybridized carbons (Fsp3) is 0.455. The van der Waals surface area contributed by atoms with Crippen molar-refractivity contribution in [2.45, 2.75) is 49.6 Å². The molecule has 28 heavy (non-hydrogen) atoms. The predicted octanol–water partition coefficient (Wildman–Crippen LogP) is 2.73. The minimum atomic E-state index is -0.237. The Balaban J connectivity index is 1.38. The third kappa shape index (κ3) is 3.07. The molecular weight excluding hydrogens is 352 g/mol. The molecule has 144 valence electrons. The Morgan fingerprint density at radius 2 is 1.29 bits per heavy atom. The summed E-state index contributed by atoms with van der Waals surface area (Å²) in [6.45, 7) is 0. The van der Waals surface area contributed by atoms with Gasteiger partial charge in [-0.25, -0.2) is 0 Å². The van der Waals surface area contributed by atoms with E-state index in [0.717, 1.165) is 32.1 Å². The van der Waals surface area contributed by atoms with Gasteiger partial charge in [-0.2, -0.15) is 0 Å². The molecule has 0 aliphatic heterocycles. The van der Waals surface area contributed by atoms with E-state index >= 15 is 0 Å². The minimum Gasteiger partial charge on any atom is -0.346 e. The van der Waals surface area contributed by atoms with Crippen LogP contribution < -0.4 is 10.6 Å². The Hall–Kier alpha value is -2.76. The number of carbonyl (C=O) groups is 2. The molecule has 2 N–H and O–H groups in total. The lowest BCUT2D eigenvalue weighted by molar-refractivity contribution is -0.0448. The molecule has 4 saturated carbocycles. The van der Waals surface area contributed by atoms with Crippen LogP contribution in [0.3, 0.4) is 0 Å². The van der Waals surface area contributed by atoms with Crippen LogP contribution in [0.25, 0.3) is 0 Å². The zero-order valence-electron chi connectivity index (χ0n) is 15.7. The molecule has 2 aromatic heterocycles. The standard InChI is InChI=1S/C22H24N4O2/c27-19(17-3-1-5-23-12-17)25-21-8-15-7-16(9-21)11-22(10-15,14-21)26-20(28)18-4-2-6-24-13-18/h1-6,12-13,15-16H,7-11,14H2,(H,25,27)(H,26,28). The van der Waals surface area contributed by atoms with Gasteiger partial charge in [0.2, 0.25) is 0 Å². The number of hydrogen-bond acceptors (Lipinski definition) is 4. The monoisotopic (exact) mass is 376 g/mol. The number of hydrogen-bond donors (Lipinski definition) is 2. The quantitative estimate of drug-likeness (QED) is 0.859. The lowest BCUT2D eigenvalue weighted by Crippen LogP contribution is -2.69. The molecule has 2 aromatic rings. The molecule has 0 radical (unpaired) electrons. The van der Waals surface area contributed by atoms with Crippen molar-refractivity contribution in [3.63, 3.8) is 0 Å². The summed E-state index contributed by atoms with van der Waals surface area (Å²) in [5.41, 5.74) is 0.705. The Morgan fingerprint density at radius 3 is 1.68 bits per heavy atom. The van der Waals surface area contributed by atoms with E-state index in [1.165, 1.54) is 6.42 Å². The average molecular weight is 376 g/mol. The first-order valence-electron chi connectivity index (χ1n) is 10.00. The van der Waals surface area contributed by atoms with E-state index in [4.69, 9.17) is 0 Å². The van der Waals surface area contributed by atoms with Crippen molar-refractivity contribution >= 4 is 11.8 Å². The van der Waals surface area contributed by atoms with Gasteiger partial charge in [0.25, 0.3) is 11.8 Å². The maximum Gasteiger partial charge on any atom is 0.253 e. The van der Waals surface area contributed by atoms with Crippen LogP contribution in [0.2, 0.25) is 0 Å². The fourth-order valence-corrected chi connectivity index (χ4v) is 6.18. The van der Waals surface area contributed by atoms with Gasteiger partial charge in [-0.15, -0.1) is 0 Å². The van der Waals surface area contributed by atoms with E-state index in [1.54, 1.807) is 49.1 Å². The molecule has 0 atom stereocenters.